The van der Waals surface area contributed by atoms with Crippen LogP contribution in [0.25, 0.3) is 0 Å². The Morgan fingerprint density at radius 2 is 1.86 bits per heavy atom. The highest BCUT2D eigenvalue weighted by Gasteiger charge is 2.18. The molecule has 21 heavy (non-hydrogen) atoms. The van der Waals surface area contributed by atoms with E-state index in [1.807, 2.05) is 13.0 Å². The highest BCUT2D eigenvalue weighted by Crippen LogP contribution is 2.33. The van der Waals surface area contributed by atoms with Crippen LogP contribution in [-0.2, 0) is 0 Å². The maximum Gasteiger partial charge on any atom is 0.263 e. The minimum Gasteiger partial charge on any atom is -0.397 e. The van der Waals surface area contributed by atoms with Gasteiger partial charge < -0.3 is 16.0 Å². The summed E-state index contributed by atoms with van der Waals surface area (Å²) in [4.78, 5) is 15.1. The van der Waals surface area contributed by atoms with E-state index in [9.17, 15) is 4.79 Å². The predicted octanol–water partition coefficient (Wildman–Crippen LogP) is 3.59. The van der Waals surface area contributed by atoms with Crippen LogP contribution in [0.1, 0.15) is 50.7 Å². The summed E-state index contributed by atoms with van der Waals surface area (Å²) >= 11 is 1.50. The van der Waals surface area contributed by atoms with E-state index in [2.05, 4.69) is 37.9 Å². The van der Waals surface area contributed by atoms with Gasteiger partial charge in [-0.3, -0.25) is 4.79 Å². The Morgan fingerprint density at radius 3 is 2.33 bits per heavy atom. The summed E-state index contributed by atoms with van der Waals surface area (Å²) in [5, 5.41) is 3.99. The Morgan fingerprint density at radius 1 is 1.29 bits per heavy atom. The van der Waals surface area contributed by atoms with Crippen LogP contribution in [0.4, 0.5) is 10.7 Å². The van der Waals surface area contributed by atoms with E-state index < -0.39 is 0 Å². The van der Waals surface area contributed by atoms with Gasteiger partial charge in [-0.15, -0.1) is 11.3 Å². The number of nitrogens with zero attached hydrogens (tertiary/aromatic N) is 1. The van der Waals surface area contributed by atoms with Gasteiger partial charge in [0, 0.05) is 19.6 Å². The van der Waals surface area contributed by atoms with Crippen molar-refractivity contribution < 1.29 is 4.79 Å². The van der Waals surface area contributed by atoms with Gasteiger partial charge in [0.1, 0.15) is 4.88 Å². The lowest BCUT2D eigenvalue weighted by molar-refractivity contribution is 0.0958. The van der Waals surface area contributed by atoms with Crippen molar-refractivity contribution in [2.45, 2.75) is 41.0 Å². The number of amides is 1. The van der Waals surface area contributed by atoms with Crippen molar-refractivity contribution in [3.8, 4) is 0 Å². The van der Waals surface area contributed by atoms with Gasteiger partial charge in [0.25, 0.3) is 5.91 Å². The Kier molecular flexibility index (Phi) is 7.02. The molecular formula is C16H29N3OS. The molecule has 0 atom stereocenters. The predicted molar refractivity (Wildman–Crippen MR) is 93.2 cm³/mol. The Labute approximate surface area is 132 Å². The molecule has 1 heterocycles. The van der Waals surface area contributed by atoms with E-state index in [1.165, 1.54) is 11.3 Å². The summed E-state index contributed by atoms with van der Waals surface area (Å²) in [5.41, 5.74) is 6.62. The van der Waals surface area contributed by atoms with Crippen LogP contribution in [0.3, 0.4) is 0 Å². The van der Waals surface area contributed by atoms with E-state index >= 15 is 0 Å². The minimum atomic E-state index is -0.0559. The molecular weight excluding hydrogens is 282 g/mol. The van der Waals surface area contributed by atoms with E-state index in [1.54, 1.807) is 0 Å². The van der Waals surface area contributed by atoms with Crippen LogP contribution in [0.5, 0.6) is 0 Å². The summed E-state index contributed by atoms with van der Waals surface area (Å²) < 4.78 is 0. The number of thiophene rings is 1. The van der Waals surface area contributed by atoms with Crippen molar-refractivity contribution in [2.75, 3.05) is 30.3 Å². The lowest BCUT2D eigenvalue weighted by Gasteiger charge is -2.26. The molecule has 120 valence electrons. The molecule has 0 aliphatic carbocycles. The molecule has 0 saturated heterocycles. The molecule has 0 unspecified atom stereocenters. The maximum atomic E-state index is 12.1. The highest BCUT2D eigenvalue weighted by molar-refractivity contribution is 7.18. The van der Waals surface area contributed by atoms with E-state index in [-0.39, 0.29) is 5.91 Å². The summed E-state index contributed by atoms with van der Waals surface area (Å²) in [6.45, 7) is 13.5. The molecule has 0 radical (unpaired) electrons. The number of nitrogens with one attached hydrogen (secondary N) is 1. The molecule has 0 bridgehead atoms. The van der Waals surface area contributed by atoms with E-state index in [4.69, 9.17) is 5.73 Å². The zero-order valence-corrected chi connectivity index (χ0v) is 14.7. The van der Waals surface area contributed by atoms with Crippen molar-refractivity contribution >= 4 is 27.9 Å². The molecule has 4 nitrogen and oxygen atoms in total. The third kappa shape index (κ3) is 5.58. The number of rotatable bonds is 8. The SMILES string of the molecule is CCCNC(=O)c1sc(N(CC(C)C)CC(C)C)cc1N. The standard InChI is InChI=1S/C16H29N3OS/c1-6-7-18-16(20)15-13(17)8-14(21-15)19(9-11(2)3)10-12(4)5/h8,11-12H,6-7,9-10,17H2,1-5H3,(H,18,20). The molecule has 0 fully saturated rings. The smallest absolute Gasteiger partial charge is 0.263 e. The van der Waals surface area contributed by atoms with Gasteiger partial charge in [-0.05, 0) is 24.3 Å². The van der Waals surface area contributed by atoms with Gasteiger partial charge in [-0.25, -0.2) is 0 Å². The second kappa shape index (κ2) is 8.27. The van der Waals surface area contributed by atoms with E-state index in [0.717, 1.165) is 24.5 Å². The summed E-state index contributed by atoms with van der Waals surface area (Å²) in [6, 6.07) is 1.94. The zero-order chi connectivity index (χ0) is 16.0. The van der Waals surface area contributed by atoms with Crippen molar-refractivity contribution in [3.05, 3.63) is 10.9 Å². The van der Waals surface area contributed by atoms with Crippen molar-refractivity contribution in [1.82, 2.24) is 5.32 Å². The second-order valence-corrected chi connectivity index (χ2v) is 7.35. The topological polar surface area (TPSA) is 58.4 Å². The first-order valence-corrected chi connectivity index (χ1v) is 8.59. The molecule has 0 aliphatic rings. The Balaban J connectivity index is 2.92. The largest absolute Gasteiger partial charge is 0.397 e. The average molecular weight is 311 g/mol. The first-order valence-electron chi connectivity index (χ1n) is 7.77. The van der Waals surface area contributed by atoms with Crippen molar-refractivity contribution in [3.63, 3.8) is 0 Å². The molecule has 5 heteroatoms. The van der Waals surface area contributed by atoms with Crippen LogP contribution >= 0.6 is 11.3 Å². The molecule has 1 rings (SSSR count). The van der Waals surface area contributed by atoms with Crippen LogP contribution in [0, 0.1) is 11.8 Å². The van der Waals surface area contributed by atoms with Crippen molar-refractivity contribution in [1.29, 1.82) is 0 Å². The van der Waals surface area contributed by atoms with Crippen LogP contribution in [0.15, 0.2) is 6.07 Å². The normalized spacial score (nSPS) is 11.2. The van der Waals surface area contributed by atoms with Crippen molar-refractivity contribution in [2.24, 2.45) is 11.8 Å². The fourth-order valence-corrected chi connectivity index (χ4v) is 3.19. The summed E-state index contributed by atoms with van der Waals surface area (Å²) in [7, 11) is 0. The Bertz CT molecular complexity index is 444. The molecule has 0 spiro atoms. The van der Waals surface area contributed by atoms with Gasteiger partial charge in [0.15, 0.2) is 0 Å². The highest BCUT2D eigenvalue weighted by atomic mass is 32.1. The monoisotopic (exact) mass is 311 g/mol. The molecule has 0 aliphatic heterocycles. The summed E-state index contributed by atoms with van der Waals surface area (Å²) in [6.07, 6.45) is 0.927. The van der Waals surface area contributed by atoms with Gasteiger partial charge >= 0.3 is 0 Å². The molecule has 3 N–H and O–H groups in total. The molecule has 0 aromatic carbocycles. The molecule has 1 aromatic heterocycles. The van der Waals surface area contributed by atoms with Gasteiger partial charge in [-0.2, -0.15) is 0 Å². The summed E-state index contributed by atoms with van der Waals surface area (Å²) in [5.74, 6) is 1.09. The van der Waals surface area contributed by atoms with Gasteiger partial charge in [0.05, 0.1) is 10.7 Å². The number of nitrogen functional groups attached to an aromatic ring is 1. The number of carbonyl (C=O) groups excluding carboxylic acids is 1. The lowest BCUT2D eigenvalue weighted by Crippen LogP contribution is -2.30. The maximum absolute atomic E-state index is 12.1. The number of anilines is 2. The minimum absolute atomic E-state index is 0.0559. The number of carbonyl (C=O) groups is 1. The average Bonchev–Trinajstić information content (AvgIpc) is 2.76. The molecule has 1 aromatic rings. The first-order chi connectivity index (χ1) is 9.85. The molecule has 0 saturated carbocycles. The fraction of sp³-hybridized carbons (Fsp3) is 0.688. The van der Waals surface area contributed by atoms with Gasteiger partial charge in [-0.1, -0.05) is 34.6 Å². The number of hydrogen-bond donors (Lipinski definition) is 2. The molecule has 1 amide bonds. The third-order valence-electron chi connectivity index (χ3n) is 2.97. The van der Waals surface area contributed by atoms with Gasteiger partial charge in [0.2, 0.25) is 0 Å². The van der Waals surface area contributed by atoms with Crippen LogP contribution in [-0.4, -0.2) is 25.5 Å². The number of hydrogen-bond acceptors (Lipinski definition) is 4. The zero-order valence-electron chi connectivity index (χ0n) is 13.9. The fourth-order valence-electron chi connectivity index (χ4n) is 2.18. The first kappa shape index (κ1) is 17.8. The lowest BCUT2D eigenvalue weighted by atomic mass is 10.1. The number of nitrogens with two attached hydrogens (primary N) is 1. The van der Waals surface area contributed by atoms with Crippen LogP contribution in [0.2, 0.25) is 0 Å². The Hall–Kier alpha value is -1.23. The third-order valence-corrected chi connectivity index (χ3v) is 4.18. The second-order valence-electron chi connectivity index (χ2n) is 6.32. The van der Waals surface area contributed by atoms with E-state index in [0.29, 0.717) is 28.9 Å². The van der Waals surface area contributed by atoms with Crippen LogP contribution < -0.4 is 16.0 Å². The quantitative estimate of drug-likeness (QED) is 0.771.